The van der Waals surface area contributed by atoms with Crippen LogP contribution >= 0.6 is 15.9 Å². The average molecular weight is 314 g/mol. The highest BCUT2D eigenvalue weighted by molar-refractivity contribution is 9.10. The highest BCUT2D eigenvalue weighted by atomic mass is 79.9. The fraction of sp³-hybridized carbons (Fsp3) is 0.615. The van der Waals surface area contributed by atoms with E-state index in [4.69, 9.17) is 5.73 Å². The van der Waals surface area contributed by atoms with Gasteiger partial charge in [-0.1, -0.05) is 0 Å². The molecule has 4 nitrogen and oxygen atoms in total. The summed E-state index contributed by atoms with van der Waals surface area (Å²) in [7, 11) is 1.89. The molecule has 1 aliphatic rings. The van der Waals surface area contributed by atoms with Crippen LogP contribution in [-0.4, -0.2) is 34.0 Å². The fourth-order valence-electron chi connectivity index (χ4n) is 2.75. The lowest BCUT2D eigenvalue weighted by molar-refractivity contribution is 0.0484. The first-order valence-electron chi connectivity index (χ1n) is 6.39. The molecule has 1 fully saturated rings. The van der Waals surface area contributed by atoms with E-state index in [1.165, 1.54) is 0 Å². The number of nitrogens with two attached hydrogens (primary N) is 1. The molecule has 0 aromatic carbocycles. The van der Waals surface area contributed by atoms with Gasteiger partial charge in [-0.15, -0.1) is 0 Å². The topological polar surface area (TPSA) is 51.3 Å². The smallest absolute Gasteiger partial charge is 0.271 e. The number of likely N-dealkylation sites (tertiary alicyclic amines) is 1. The molecule has 0 saturated carbocycles. The zero-order valence-electron chi connectivity index (χ0n) is 10.9. The van der Waals surface area contributed by atoms with Crippen molar-refractivity contribution >= 4 is 21.8 Å². The van der Waals surface area contributed by atoms with Gasteiger partial charge in [-0.2, -0.15) is 0 Å². The van der Waals surface area contributed by atoms with Crippen LogP contribution in [0.5, 0.6) is 0 Å². The van der Waals surface area contributed by atoms with E-state index in [-0.39, 0.29) is 18.0 Å². The monoisotopic (exact) mass is 313 g/mol. The van der Waals surface area contributed by atoms with Crippen molar-refractivity contribution in [3.8, 4) is 0 Å². The number of piperidine rings is 1. The van der Waals surface area contributed by atoms with Crippen molar-refractivity contribution in [2.45, 2.75) is 38.3 Å². The van der Waals surface area contributed by atoms with E-state index in [9.17, 15) is 4.79 Å². The number of rotatable bonds is 2. The summed E-state index contributed by atoms with van der Waals surface area (Å²) >= 11 is 3.41. The third-order valence-corrected chi connectivity index (χ3v) is 4.16. The second kappa shape index (κ2) is 5.45. The summed E-state index contributed by atoms with van der Waals surface area (Å²) < 4.78 is 2.80. The molecule has 0 radical (unpaired) electrons. The molecule has 5 heteroatoms. The van der Waals surface area contributed by atoms with E-state index >= 15 is 0 Å². The highest BCUT2D eigenvalue weighted by Gasteiger charge is 2.32. The molecule has 1 aromatic rings. The maximum atomic E-state index is 12.6. The Morgan fingerprint density at radius 1 is 1.56 bits per heavy atom. The zero-order chi connectivity index (χ0) is 13.3. The lowest BCUT2D eigenvalue weighted by atomic mass is 9.96. The second-order valence-corrected chi connectivity index (χ2v) is 5.95. The largest absolute Gasteiger partial charge is 0.345 e. The third-order valence-electron chi connectivity index (χ3n) is 3.72. The van der Waals surface area contributed by atoms with Crippen LogP contribution in [0, 0.1) is 0 Å². The number of carbonyl (C=O) groups is 1. The van der Waals surface area contributed by atoms with Gasteiger partial charge in [0.1, 0.15) is 5.69 Å². The summed E-state index contributed by atoms with van der Waals surface area (Å²) in [5.41, 5.74) is 6.52. The molecule has 0 aliphatic carbocycles. The van der Waals surface area contributed by atoms with Crippen LogP contribution in [0.4, 0.5) is 0 Å². The molecule has 0 bridgehead atoms. The number of nitrogens with zero attached hydrogens (tertiary/aromatic N) is 2. The lowest BCUT2D eigenvalue weighted by Crippen LogP contribution is -2.52. The van der Waals surface area contributed by atoms with Gasteiger partial charge >= 0.3 is 0 Å². The number of hydrogen-bond donors (Lipinski definition) is 1. The number of aromatic nitrogens is 1. The molecule has 1 aromatic heterocycles. The summed E-state index contributed by atoms with van der Waals surface area (Å²) in [4.78, 5) is 14.6. The number of halogens is 1. The van der Waals surface area contributed by atoms with Gasteiger partial charge in [-0.05, 0) is 48.2 Å². The summed E-state index contributed by atoms with van der Waals surface area (Å²) in [5.74, 6) is 0.0888. The van der Waals surface area contributed by atoms with Crippen molar-refractivity contribution in [2.75, 3.05) is 6.54 Å². The quantitative estimate of drug-likeness (QED) is 0.909. The minimum atomic E-state index is 0.0888. The van der Waals surface area contributed by atoms with Crippen molar-refractivity contribution in [2.24, 2.45) is 12.8 Å². The molecule has 100 valence electrons. The first kappa shape index (κ1) is 13.6. The zero-order valence-corrected chi connectivity index (χ0v) is 12.5. The summed E-state index contributed by atoms with van der Waals surface area (Å²) in [5, 5.41) is 0. The molecule has 2 rings (SSSR count). The van der Waals surface area contributed by atoms with Crippen molar-refractivity contribution in [3.05, 3.63) is 22.4 Å². The normalized spacial score (nSPS) is 24.3. The van der Waals surface area contributed by atoms with Gasteiger partial charge in [-0.25, -0.2) is 0 Å². The van der Waals surface area contributed by atoms with Crippen molar-refractivity contribution < 1.29 is 4.79 Å². The maximum absolute atomic E-state index is 12.6. The van der Waals surface area contributed by atoms with Gasteiger partial charge in [0.15, 0.2) is 0 Å². The van der Waals surface area contributed by atoms with Gasteiger partial charge in [-0.3, -0.25) is 4.79 Å². The Morgan fingerprint density at radius 3 is 2.83 bits per heavy atom. The SMILES string of the molecule is CC1CCCC(CN)N1C(=O)c1cc(Br)cn1C. The maximum Gasteiger partial charge on any atom is 0.271 e. The van der Waals surface area contributed by atoms with Crippen LogP contribution in [0.15, 0.2) is 16.7 Å². The summed E-state index contributed by atoms with van der Waals surface area (Å²) in [6.07, 6.45) is 5.13. The van der Waals surface area contributed by atoms with Crippen LogP contribution in [0.2, 0.25) is 0 Å². The molecule has 2 heterocycles. The Bertz CT molecular complexity index is 443. The molecule has 2 atom stereocenters. The van der Waals surface area contributed by atoms with E-state index in [0.717, 1.165) is 23.7 Å². The highest BCUT2D eigenvalue weighted by Crippen LogP contribution is 2.25. The molecule has 2 N–H and O–H groups in total. The van der Waals surface area contributed by atoms with E-state index in [2.05, 4.69) is 22.9 Å². The van der Waals surface area contributed by atoms with Gasteiger partial charge in [0.2, 0.25) is 0 Å². The average Bonchev–Trinajstić information content (AvgIpc) is 2.67. The van der Waals surface area contributed by atoms with Crippen LogP contribution in [0.1, 0.15) is 36.7 Å². The first-order valence-corrected chi connectivity index (χ1v) is 7.18. The first-order chi connectivity index (χ1) is 8.54. The van der Waals surface area contributed by atoms with Crippen molar-refractivity contribution in [1.82, 2.24) is 9.47 Å². The number of carbonyl (C=O) groups excluding carboxylic acids is 1. The van der Waals surface area contributed by atoms with Crippen molar-refractivity contribution in [3.63, 3.8) is 0 Å². The van der Waals surface area contributed by atoms with E-state index in [0.29, 0.717) is 12.2 Å². The predicted octanol–water partition coefficient (Wildman–Crippen LogP) is 2.13. The van der Waals surface area contributed by atoms with E-state index in [1.807, 2.05) is 28.8 Å². The van der Waals surface area contributed by atoms with Crippen LogP contribution < -0.4 is 5.73 Å². The summed E-state index contributed by atoms with van der Waals surface area (Å²) in [6.45, 7) is 2.65. The van der Waals surface area contributed by atoms with Crippen molar-refractivity contribution in [1.29, 1.82) is 0 Å². The van der Waals surface area contributed by atoms with Gasteiger partial charge in [0, 0.05) is 36.3 Å². The molecular formula is C13H20BrN3O. The Kier molecular flexibility index (Phi) is 4.12. The minimum Gasteiger partial charge on any atom is -0.345 e. The number of aryl methyl sites for hydroxylation is 1. The summed E-state index contributed by atoms with van der Waals surface area (Å²) in [6, 6.07) is 2.32. The number of amides is 1. The Labute approximate surface area is 116 Å². The molecule has 1 amide bonds. The van der Waals surface area contributed by atoms with E-state index < -0.39 is 0 Å². The van der Waals surface area contributed by atoms with Crippen LogP contribution in [-0.2, 0) is 7.05 Å². The fourth-order valence-corrected chi connectivity index (χ4v) is 3.28. The molecule has 1 aliphatic heterocycles. The molecule has 1 saturated heterocycles. The van der Waals surface area contributed by atoms with Gasteiger partial charge < -0.3 is 15.2 Å². The lowest BCUT2D eigenvalue weighted by Gasteiger charge is -2.40. The van der Waals surface area contributed by atoms with Crippen LogP contribution in [0.3, 0.4) is 0 Å². The Balaban J connectivity index is 2.28. The standard InChI is InChI=1S/C13H20BrN3O/c1-9-4-3-5-11(7-15)17(9)13(18)12-6-10(14)8-16(12)2/h6,8-9,11H,3-5,7,15H2,1-2H3. The van der Waals surface area contributed by atoms with E-state index in [1.54, 1.807) is 0 Å². The van der Waals surface area contributed by atoms with Gasteiger partial charge in [0.05, 0.1) is 0 Å². The minimum absolute atomic E-state index is 0.0888. The molecule has 0 spiro atoms. The second-order valence-electron chi connectivity index (χ2n) is 5.04. The third kappa shape index (κ3) is 2.47. The molecule has 18 heavy (non-hydrogen) atoms. The predicted molar refractivity (Wildman–Crippen MR) is 75.4 cm³/mol. The Morgan fingerprint density at radius 2 is 2.28 bits per heavy atom. The van der Waals surface area contributed by atoms with Gasteiger partial charge in [0.25, 0.3) is 5.91 Å². The number of hydrogen-bond acceptors (Lipinski definition) is 2. The molecule has 2 unspecified atom stereocenters. The van der Waals surface area contributed by atoms with Crippen LogP contribution in [0.25, 0.3) is 0 Å². The Hall–Kier alpha value is -0.810. The molecular weight excluding hydrogens is 294 g/mol.